The summed E-state index contributed by atoms with van der Waals surface area (Å²) in [7, 11) is 1.76. The lowest BCUT2D eigenvalue weighted by Gasteiger charge is -2.08. The Morgan fingerprint density at radius 1 is 1.26 bits per heavy atom. The van der Waals surface area contributed by atoms with Crippen LogP contribution in [0.1, 0.15) is 0 Å². The van der Waals surface area contributed by atoms with E-state index >= 15 is 0 Å². The molecule has 1 aromatic carbocycles. The van der Waals surface area contributed by atoms with Crippen molar-refractivity contribution in [3.63, 3.8) is 0 Å². The Balaban J connectivity index is 1.71. The number of anilines is 2. The van der Waals surface area contributed by atoms with E-state index in [4.69, 9.17) is 0 Å². The number of carbonyl (C=O) groups excluding carboxylic acids is 2. The predicted octanol–water partition coefficient (Wildman–Crippen LogP) is 2.19. The van der Waals surface area contributed by atoms with Crippen molar-refractivity contribution in [1.82, 2.24) is 15.5 Å². The van der Waals surface area contributed by atoms with E-state index in [9.17, 15) is 9.59 Å². The Hall–Kier alpha value is -1.65. The minimum atomic E-state index is -0.288. The summed E-state index contributed by atoms with van der Waals surface area (Å²) in [6.07, 6.45) is 0. The quantitative estimate of drug-likeness (QED) is 0.599. The van der Waals surface area contributed by atoms with Gasteiger partial charge in [-0.05, 0) is 28.1 Å². The Morgan fingerprint density at radius 3 is 2.74 bits per heavy atom. The highest BCUT2D eigenvalue weighted by molar-refractivity contribution is 9.10. The molecule has 2 rings (SSSR count). The number of amides is 2. The number of hydrogen-bond acceptors (Lipinski definition) is 7. The second-order valence-electron chi connectivity index (χ2n) is 4.22. The molecule has 0 saturated carbocycles. The van der Waals surface area contributed by atoms with E-state index in [1.165, 1.54) is 23.1 Å². The van der Waals surface area contributed by atoms with E-state index in [0.717, 1.165) is 4.47 Å². The minimum Gasteiger partial charge on any atom is -0.363 e. The van der Waals surface area contributed by atoms with Crippen molar-refractivity contribution in [2.45, 2.75) is 4.34 Å². The van der Waals surface area contributed by atoms with E-state index in [1.807, 2.05) is 18.2 Å². The van der Waals surface area contributed by atoms with Crippen LogP contribution in [0.2, 0.25) is 0 Å². The standard InChI is InChI=1S/C13H14BrN5O2S2/c1-15-12-18-19-13(23-12)22-7-11(21)16-6-10(20)17-9-5-3-2-4-8(9)14/h2-5H,6-7H2,1H3,(H,15,18)(H,16,21)(H,17,20). The van der Waals surface area contributed by atoms with Gasteiger partial charge >= 0.3 is 0 Å². The summed E-state index contributed by atoms with van der Waals surface area (Å²) in [4.78, 5) is 23.5. The third kappa shape index (κ3) is 5.81. The zero-order valence-corrected chi connectivity index (χ0v) is 15.3. The highest BCUT2D eigenvalue weighted by atomic mass is 79.9. The van der Waals surface area contributed by atoms with E-state index < -0.39 is 0 Å². The lowest BCUT2D eigenvalue weighted by Crippen LogP contribution is -2.33. The van der Waals surface area contributed by atoms with Crippen LogP contribution in [-0.4, -0.2) is 41.4 Å². The normalized spacial score (nSPS) is 10.2. The van der Waals surface area contributed by atoms with Gasteiger partial charge < -0.3 is 16.0 Å². The van der Waals surface area contributed by atoms with Crippen LogP contribution in [0.4, 0.5) is 10.8 Å². The molecule has 122 valence electrons. The van der Waals surface area contributed by atoms with Gasteiger partial charge in [-0.1, -0.05) is 35.2 Å². The van der Waals surface area contributed by atoms with Crippen LogP contribution >= 0.6 is 39.0 Å². The number of halogens is 1. The summed E-state index contributed by atoms with van der Waals surface area (Å²) < 4.78 is 1.48. The van der Waals surface area contributed by atoms with Crippen molar-refractivity contribution < 1.29 is 9.59 Å². The largest absolute Gasteiger partial charge is 0.363 e. The van der Waals surface area contributed by atoms with E-state index in [2.05, 4.69) is 42.1 Å². The van der Waals surface area contributed by atoms with Crippen LogP contribution in [0.5, 0.6) is 0 Å². The third-order valence-corrected chi connectivity index (χ3v) is 5.31. The molecular formula is C13H14BrN5O2S2. The number of thioether (sulfide) groups is 1. The summed E-state index contributed by atoms with van der Waals surface area (Å²) in [6, 6.07) is 7.27. The number of carbonyl (C=O) groups is 2. The Morgan fingerprint density at radius 2 is 2.04 bits per heavy atom. The summed E-state index contributed by atoms with van der Waals surface area (Å²) in [6.45, 7) is -0.0847. The molecule has 2 aromatic rings. The monoisotopic (exact) mass is 415 g/mol. The van der Waals surface area contributed by atoms with Crippen LogP contribution in [0.3, 0.4) is 0 Å². The summed E-state index contributed by atoms with van der Waals surface area (Å²) >= 11 is 5.99. The predicted molar refractivity (Wildman–Crippen MR) is 96.0 cm³/mol. The second kappa shape index (κ2) is 8.85. The first-order valence-corrected chi connectivity index (χ1v) is 9.13. The van der Waals surface area contributed by atoms with Crippen LogP contribution in [0.15, 0.2) is 33.1 Å². The van der Waals surface area contributed by atoms with Crippen molar-refractivity contribution in [2.24, 2.45) is 0 Å². The van der Waals surface area contributed by atoms with Gasteiger partial charge in [0, 0.05) is 11.5 Å². The fraction of sp³-hybridized carbons (Fsp3) is 0.231. The first kappa shape index (κ1) is 17.7. The molecule has 3 N–H and O–H groups in total. The van der Waals surface area contributed by atoms with Gasteiger partial charge in [-0.3, -0.25) is 9.59 Å². The van der Waals surface area contributed by atoms with Crippen LogP contribution in [0, 0.1) is 0 Å². The van der Waals surface area contributed by atoms with Crippen LogP contribution in [-0.2, 0) is 9.59 Å². The molecule has 0 aliphatic rings. The first-order chi connectivity index (χ1) is 11.1. The highest BCUT2D eigenvalue weighted by Crippen LogP contribution is 2.24. The molecule has 0 unspecified atom stereocenters. The molecule has 0 fully saturated rings. The fourth-order valence-electron chi connectivity index (χ4n) is 1.48. The number of para-hydroxylation sites is 1. The van der Waals surface area contributed by atoms with Gasteiger partial charge in [-0.25, -0.2) is 0 Å². The fourth-order valence-corrected chi connectivity index (χ4v) is 3.40. The molecule has 2 amide bonds. The number of benzene rings is 1. The van der Waals surface area contributed by atoms with E-state index in [0.29, 0.717) is 15.2 Å². The Labute approximate surface area is 149 Å². The van der Waals surface area contributed by atoms with Crippen LogP contribution < -0.4 is 16.0 Å². The lowest BCUT2D eigenvalue weighted by atomic mass is 10.3. The number of hydrogen-bond donors (Lipinski definition) is 3. The maximum Gasteiger partial charge on any atom is 0.243 e. The van der Waals surface area contributed by atoms with Gasteiger partial charge in [-0.15, -0.1) is 10.2 Å². The minimum absolute atomic E-state index is 0.0847. The average Bonchev–Trinajstić information content (AvgIpc) is 3.01. The van der Waals surface area contributed by atoms with Crippen molar-refractivity contribution >= 4 is 61.7 Å². The first-order valence-electron chi connectivity index (χ1n) is 6.53. The van der Waals surface area contributed by atoms with E-state index in [-0.39, 0.29) is 24.1 Å². The molecule has 0 spiro atoms. The molecular weight excluding hydrogens is 402 g/mol. The summed E-state index contributed by atoms with van der Waals surface area (Å²) in [5, 5.41) is 16.7. The number of nitrogens with one attached hydrogen (secondary N) is 3. The maximum absolute atomic E-state index is 11.8. The molecule has 10 heteroatoms. The summed E-state index contributed by atoms with van der Waals surface area (Å²) in [5.41, 5.74) is 0.662. The number of nitrogens with zero attached hydrogens (tertiary/aromatic N) is 2. The Kier molecular flexibility index (Phi) is 6.81. The topological polar surface area (TPSA) is 96.0 Å². The molecule has 1 aromatic heterocycles. The smallest absolute Gasteiger partial charge is 0.243 e. The van der Waals surface area contributed by atoms with Gasteiger partial charge in [0.1, 0.15) is 0 Å². The van der Waals surface area contributed by atoms with Crippen molar-refractivity contribution in [1.29, 1.82) is 0 Å². The third-order valence-electron chi connectivity index (χ3n) is 2.54. The van der Waals surface area contributed by atoms with Gasteiger partial charge in [-0.2, -0.15) is 0 Å². The van der Waals surface area contributed by atoms with Crippen LogP contribution in [0.25, 0.3) is 0 Å². The molecule has 7 nitrogen and oxygen atoms in total. The van der Waals surface area contributed by atoms with Gasteiger partial charge in [0.15, 0.2) is 4.34 Å². The maximum atomic E-state index is 11.8. The molecule has 23 heavy (non-hydrogen) atoms. The Bertz CT molecular complexity index is 695. The number of rotatable bonds is 7. The van der Waals surface area contributed by atoms with Crippen molar-refractivity contribution in [3.8, 4) is 0 Å². The van der Waals surface area contributed by atoms with Crippen molar-refractivity contribution in [2.75, 3.05) is 30.0 Å². The summed E-state index contributed by atoms with van der Waals surface area (Å²) in [5.74, 6) is -0.345. The average molecular weight is 416 g/mol. The highest BCUT2D eigenvalue weighted by Gasteiger charge is 2.10. The van der Waals surface area contributed by atoms with Gasteiger partial charge in [0.05, 0.1) is 18.0 Å². The second-order valence-corrected chi connectivity index (χ2v) is 7.27. The molecule has 0 saturated heterocycles. The molecule has 0 bridgehead atoms. The molecule has 0 radical (unpaired) electrons. The zero-order chi connectivity index (χ0) is 16.7. The van der Waals surface area contributed by atoms with Gasteiger partial charge in [0.2, 0.25) is 16.9 Å². The number of aromatic nitrogens is 2. The lowest BCUT2D eigenvalue weighted by molar-refractivity contribution is -0.122. The molecule has 0 aliphatic heterocycles. The van der Waals surface area contributed by atoms with Gasteiger partial charge in [0.25, 0.3) is 0 Å². The van der Waals surface area contributed by atoms with E-state index in [1.54, 1.807) is 13.1 Å². The van der Waals surface area contributed by atoms with Crippen molar-refractivity contribution in [3.05, 3.63) is 28.7 Å². The SMILES string of the molecule is CNc1nnc(SCC(=O)NCC(=O)Nc2ccccc2Br)s1. The molecule has 1 heterocycles. The zero-order valence-electron chi connectivity index (χ0n) is 12.1. The molecule has 0 aliphatic carbocycles. The molecule has 0 atom stereocenters.